The van der Waals surface area contributed by atoms with Gasteiger partial charge in [0.05, 0.1) is 13.2 Å². The molecule has 17 heavy (non-hydrogen) atoms. The van der Waals surface area contributed by atoms with Crippen LogP contribution in [-0.4, -0.2) is 23.9 Å². The number of aliphatic hydroxyl groups is 2. The summed E-state index contributed by atoms with van der Waals surface area (Å²) < 4.78 is 5.16. The molecule has 0 bridgehead atoms. The van der Waals surface area contributed by atoms with Gasteiger partial charge in [0.2, 0.25) is 0 Å². The second-order valence-electron chi connectivity index (χ2n) is 4.00. The first-order valence-corrected chi connectivity index (χ1v) is 5.61. The van der Waals surface area contributed by atoms with Gasteiger partial charge in [0.15, 0.2) is 0 Å². The smallest absolute Gasteiger partial charge is 0.119 e. The second kappa shape index (κ2) is 5.17. The van der Waals surface area contributed by atoms with Crippen molar-refractivity contribution in [2.24, 2.45) is 0 Å². The zero-order chi connectivity index (χ0) is 12.3. The summed E-state index contributed by atoms with van der Waals surface area (Å²) in [5.74, 6) is 0.821. The Morgan fingerprint density at radius 1 is 1.12 bits per heavy atom. The topological polar surface area (TPSA) is 49.7 Å². The molecule has 0 spiro atoms. The largest absolute Gasteiger partial charge is 0.497 e. The minimum atomic E-state index is -0.605. The number of hydrogen-bond acceptors (Lipinski definition) is 3. The predicted molar refractivity (Wildman–Crippen MR) is 67.2 cm³/mol. The van der Waals surface area contributed by atoms with E-state index in [0.29, 0.717) is 6.42 Å². The average molecular weight is 232 g/mol. The zero-order valence-electron chi connectivity index (χ0n) is 9.76. The van der Waals surface area contributed by atoms with Crippen LogP contribution in [0.4, 0.5) is 0 Å². The maximum Gasteiger partial charge on any atom is 0.119 e. The van der Waals surface area contributed by atoms with Crippen LogP contribution in [0.3, 0.4) is 0 Å². The fourth-order valence-corrected chi connectivity index (χ4v) is 1.87. The number of aliphatic hydroxyl groups excluding tert-OH is 2. The van der Waals surface area contributed by atoms with Crippen molar-refractivity contribution in [2.45, 2.75) is 12.5 Å². The minimum Gasteiger partial charge on any atom is -0.497 e. The number of ether oxygens (including phenoxy) is 1. The second-order valence-corrected chi connectivity index (χ2v) is 4.00. The molecule has 90 valence electrons. The van der Waals surface area contributed by atoms with E-state index in [1.807, 2.05) is 36.4 Å². The van der Waals surface area contributed by atoms with E-state index in [1.54, 1.807) is 7.11 Å². The van der Waals surface area contributed by atoms with Crippen LogP contribution >= 0.6 is 0 Å². The number of rotatable bonds is 4. The van der Waals surface area contributed by atoms with Gasteiger partial charge in [0.1, 0.15) is 5.75 Å². The van der Waals surface area contributed by atoms with Gasteiger partial charge in [0.25, 0.3) is 0 Å². The van der Waals surface area contributed by atoms with Crippen molar-refractivity contribution in [1.82, 2.24) is 0 Å². The molecule has 3 heteroatoms. The molecule has 1 unspecified atom stereocenters. The average Bonchev–Trinajstić information content (AvgIpc) is 2.37. The highest BCUT2D eigenvalue weighted by molar-refractivity contribution is 5.84. The molecule has 2 N–H and O–H groups in total. The van der Waals surface area contributed by atoms with Gasteiger partial charge in [-0.05, 0) is 34.5 Å². The van der Waals surface area contributed by atoms with Gasteiger partial charge in [-0.1, -0.05) is 18.2 Å². The molecule has 0 aromatic heterocycles. The third kappa shape index (κ3) is 2.57. The third-order valence-electron chi connectivity index (χ3n) is 2.86. The van der Waals surface area contributed by atoms with Gasteiger partial charge in [-0.25, -0.2) is 0 Å². The van der Waals surface area contributed by atoms with Crippen LogP contribution in [0, 0.1) is 0 Å². The lowest BCUT2D eigenvalue weighted by Crippen LogP contribution is -1.99. The van der Waals surface area contributed by atoms with E-state index < -0.39 is 6.10 Å². The van der Waals surface area contributed by atoms with E-state index >= 15 is 0 Å². The molecule has 0 saturated heterocycles. The monoisotopic (exact) mass is 232 g/mol. The zero-order valence-corrected chi connectivity index (χ0v) is 9.76. The lowest BCUT2D eigenvalue weighted by atomic mass is 10.0. The van der Waals surface area contributed by atoms with Crippen LogP contribution in [0.15, 0.2) is 36.4 Å². The summed E-state index contributed by atoms with van der Waals surface area (Å²) in [5, 5.41) is 20.7. The van der Waals surface area contributed by atoms with Crippen molar-refractivity contribution in [3.63, 3.8) is 0 Å². The Hall–Kier alpha value is -1.58. The normalized spacial score (nSPS) is 12.6. The molecule has 0 radical (unpaired) electrons. The molecule has 1 atom stereocenters. The molecule has 0 heterocycles. The molecule has 0 aliphatic rings. The van der Waals surface area contributed by atoms with Gasteiger partial charge < -0.3 is 14.9 Å². The van der Waals surface area contributed by atoms with Crippen LogP contribution < -0.4 is 4.74 Å². The number of fused-ring (bicyclic) bond motifs is 1. The Morgan fingerprint density at radius 3 is 2.53 bits per heavy atom. The molecule has 2 aromatic rings. The van der Waals surface area contributed by atoms with Crippen LogP contribution in [0.1, 0.15) is 18.1 Å². The Labute approximate surface area is 100 Å². The Balaban J connectivity index is 2.37. The summed E-state index contributed by atoms with van der Waals surface area (Å²) in [7, 11) is 1.64. The van der Waals surface area contributed by atoms with E-state index in [-0.39, 0.29) is 6.61 Å². The predicted octanol–water partition coefficient (Wildman–Crippen LogP) is 2.26. The summed E-state index contributed by atoms with van der Waals surface area (Å²) in [6.45, 7) is -0.0121. The van der Waals surface area contributed by atoms with Crippen molar-refractivity contribution in [3.8, 4) is 5.75 Å². The number of methoxy groups -OCH3 is 1. The Kier molecular flexibility index (Phi) is 3.61. The van der Waals surface area contributed by atoms with Crippen molar-refractivity contribution in [3.05, 3.63) is 42.0 Å². The van der Waals surface area contributed by atoms with Gasteiger partial charge in [-0.3, -0.25) is 0 Å². The SMILES string of the molecule is COc1ccc2cc(C(O)CCO)ccc2c1. The highest BCUT2D eigenvalue weighted by atomic mass is 16.5. The standard InChI is InChI=1S/C14H16O3/c1-17-13-5-4-10-8-12(14(16)6-7-15)3-2-11(10)9-13/h2-5,8-9,14-16H,6-7H2,1H3. The summed E-state index contributed by atoms with van der Waals surface area (Å²) >= 11 is 0. The number of benzene rings is 2. The fraction of sp³-hybridized carbons (Fsp3) is 0.286. The van der Waals surface area contributed by atoms with E-state index in [9.17, 15) is 5.11 Å². The highest BCUT2D eigenvalue weighted by Gasteiger charge is 2.07. The highest BCUT2D eigenvalue weighted by Crippen LogP contribution is 2.25. The maximum absolute atomic E-state index is 9.80. The van der Waals surface area contributed by atoms with Crippen LogP contribution in [0.5, 0.6) is 5.75 Å². The molecule has 2 aromatic carbocycles. The van der Waals surface area contributed by atoms with Crippen molar-refractivity contribution in [2.75, 3.05) is 13.7 Å². The van der Waals surface area contributed by atoms with Gasteiger partial charge in [-0.2, -0.15) is 0 Å². The minimum absolute atomic E-state index is 0.0121. The van der Waals surface area contributed by atoms with E-state index in [4.69, 9.17) is 9.84 Å². The molecule has 0 amide bonds. The molecule has 3 nitrogen and oxygen atoms in total. The molecule has 2 rings (SSSR count). The lowest BCUT2D eigenvalue weighted by molar-refractivity contribution is 0.134. The van der Waals surface area contributed by atoms with Crippen LogP contribution in [0.25, 0.3) is 10.8 Å². The number of hydrogen-bond donors (Lipinski definition) is 2. The first-order chi connectivity index (χ1) is 8.24. The maximum atomic E-state index is 9.80. The van der Waals surface area contributed by atoms with Gasteiger partial charge >= 0.3 is 0 Å². The van der Waals surface area contributed by atoms with E-state index in [1.165, 1.54) is 0 Å². The Morgan fingerprint density at radius 2 is 1.82 bits per heavy atom. The summed E-state index contributed by atoms with van der Waals surface area (Å²) in [4.78, 5) is 0. The summed E-state index contributed by atoms with van der Waals surface area (Å²) in [6.07, 6.45) is -0.242. The van der Waals surface area contributed by atoms with Crippen molar-refractivity contribution in [1.29, 1.82) is 0 Å². The lowest BCUT2D eigenvalue weighted by Gasteiger charge is -2.10. The van der Waals surface area contributed by atoms with Crippen molar-refractivity contribution >= 4 is 10.8 Å². The molecule has 0 aliphatic heterocycles. The molecule has 0 aliphatic carbocycles. The molecule has 0 fully saturated rings. The molecular formula is C14H16O3. The quantitative estimate of drug-likeness (QED) is 0.850. The summed E-state index contributed by atoms with van der Waals surface area (Å²) in [5.41, 5.74) is 0.830. The van der Waals surface area contributed by atoms with Crippen molar-refractivity contribution < 1.29 is 14.9 Å². The third-order valence-corrected chi connectivity index (χ3v) is 2.86. The van der Waals surface area contributed by atoms with E-state index in [2.05, 4.69) is 0 Å². The first kappa shape index (κ1) is 11.9. The van der Waals surface area contributed by atoms with E-state index in [0.717, 1.165) is 22.1 Å². The fourth-order valence-electron chi connectivity index (χ4n) is 1.87. The van der Waals surface area contributed by atoms with Gasteiger partial charge in [0, 0.05) is 13.0 Å². The summed E-state index contributed by atoms with van der Waals surface area (Å²) in [6, 6.07) is 11.6. The van der Waals surface area contributed by atoms with Gasteiger partial charge in [-0.15, -0.1) is 0 Å². The molecular weight excluding hydrogens is 216 g/mol. The first-order valence-electron chi connectivity index (χ1n) is 5.61. The molecule has 0 saturated carbocycles. The van der Waals surface area contributed by atoms with Crippen LogP contribution in [0.2, 0.25) is 0 Å². The van der Waals surface area contributed by atoms with Crippen LogP contribution in [-0.2, 0) is 0 Å². The Bertz CT molecular complexity index is 508.